The molecule has 0 amide bonds. The Labute approximate surface area is 93.5 Å². The van der Waals surface area contributed by atoms with Crippen molar-refractivity contribution in [2.75, 3.05) is 11.5 Å². The molecule has 0 aliphatic carbocycles. The molecule has 0 aromatic heterocycles. The number of halogens is 1. The molecule has 0 unspecified atom stereocenters. The Kier molecular flexibility index (Phi) is 5.07. The minimum absolute atomic E-state index is 0.502. The summed E-state index contributed by atoms with van der Waals surface area (Å²) >= 11 is 9.66. The van der Waals surface area contributed by atoms with Gasteiger partial charge in [-0.25, -0.2) is 0 Å². The molecule has 1 heterocycles. The van der Waals surface area contributed by atoms with Gasteiger partial charge in [0, 0.05) is 5.03 Å². The van der Waals surface area contributed by atoms with E-state index in [2.05, 4.69) is 13.2 Å². The van der Waals surface area contributed by atoms with Gasteiger partial charge in [-0.2, -0.15) is 0 Å². The summed E-state index contributed by atoms with van der Waals surface area (Å²) in [6.45, 7) is 7.46. The van der Waals surface area contributed by atoms with Crippen LogP contribution in [-0.4, -0.2) is 16.1 Å². The number of thioether (sulfide) groups is 2. The summed E-state index contributed by atoms with van der Waals surface area (Å²) in [5, 5.41) is 0.585. The van der Waals surface area contributed by atoms with Crippen molar-refractivity contribution in [1.29, 1.82) is 0 Å². The van der Waals surface area contributed by atoms with Gasteiger partial charge in [-0.3, -0.25) is 0 Å². The standard InChI is InChI=1S/C10H13ClS2/c1-3-9(7-8(2)11)10-12-5-4-6-13-10/h3,7,10H,1-2,4-6H2/b9-7+. The second kappa shape index (κ2) is 5.84. The first kappa shape index (κ1) is 11.3. The highest BCUT2D eigenvalue weighted by atomic mass is 35.5. The van der Waals surface area contributed by atoms with Crippen molar-refractivity contribution in [3.8, 4) is 0 Å². The third-order valence-corrected chi connectivity index (χ3v) is 4.78. The molecule has 72 valence electrons. The second-order valence-electron chi connectivity index (χ2n) is 2.72. The fourth-order valence-corrected chi connectivity index (χ4v) is 4.12. The molecule has 1 saturated heterocycles. The first-order valence-electron chi connectivity index (χ1n) is 4.15. The summed E-state index contributed by atoms with van der Waals surface area (Å²) in [5.41, 5.74) is 1.19. The van der Waals surface area contributed by atoms with Crippen LogP contribution in [0.25, 0.3) is 0 Å². The molecule has 0 aromatic rings. The van der Waals surface area contributed by atoms with E-state index in [1.165, 1.54) is 23.5 Å². The van der Waals surface area contributed by atoms with Crippen molar-refractivity contribution in [1.82, 2.24) is 0 Å². The quantitative estimate of drug-likeness (QED) is 0.674. The van der Waals surface area contributed by atoms with Crippen LogP contribution in [0.1, 0.15) is 6.42 Å². The lowest BCUT2D eigenvalue weighted by molar-refractivity contribution is 1.10. The van der Waals surface area contributed by atoms with Crippen molar-refractivity contribution in [3.63, 3.8) is 0 Å². The zero-order valence-corrected chi connectivity index (χ0v) is 9.85. The Morgan fingerprint density at radius 3 is 2.46 bits per heavy atom. The van der Waals surface area contributed by atoms with Gasteiger partial charge in [-0.05, 0) is 29.6 Å². The Hall–Kier alpha value is 0.210. The topological polar surface area (TPSA) is 0 Å². The van der Waals surface area contributed by atoms with Crippen molar-refractivity contribution in [3.05, 3.63) is 35.9 Å². The van der Waals surface area contributed by atoms with Gasteiger partial charge in [0.15, 0.2) is 0 Å². The first-order valence-corrected chi connectivity index (χ1v) is 6.63. The molecule has 3 heteroatoms. The van der Waals surface area contributed by atoms with Gasteiger partial charge < -0.3 is 0 Å². The van der Waals surface area contributed by atoms with E-state index in [9.17, 15) is 0 Å². The highest BCUT2D eigenvalue weighted by Gasteiger charge is 2.16. The van der Waals surface area contributed by atoms with Gasteiger partial charge in [-0.15, -0.1) is 23.5 Å². The highest BCUT2D eigenvalue weighted by molar-refractivity contribution is 8.17. The normalized spacial score (nSPS) is 19.9. The minimum atomic E-state index is 0.502. The summed E-state index contributed by atoms with van der Waals surface area (Å²) < 4.78 is 0.502. The SMILES string of the molecule is C=C/C(=C\C(=C)Cl)C1SCCCS1. The van der Waals surface area contributed by atoms with Gasteiger partial charge in [0.1, 0.15) is 0 Å². The molecule has 13 heavy (non-hydrogen) atoms. The van der Waals surface area contributed by atoms with Crippen LogP contribution in [0.5, 0.6) is 0 Å². The number of rotatable bonds is 3. The molecule has 1 fully saturated rings. The van der Waals surface area contributed by atoms with Gasteiger partial charge >= 0.3 is 0 Å². The lowest BCUT2D eigenvalue weighted by Gasteiger charge is -2.21. The maximum absolute atomic E-state index is 5.73. The van der Waals surface area contributed by atoms with E-state index in [1.54, 1.807) is 0 Å². The van der Waals surface area contributed by atoms with Crippen molar-refractivity contribution >= 4 is 35.1 Å². The van der Waals surface area contributed by atoms with E-state index >= 15 is 0 Å². The van der Waals surface area contributed by atoms with E-state index in [4.69, 9.17) is 11.6 Å². The van der Waals surface area contributed by atoms with Crippen LogP contribution in [0, 0.1) is 0 Å². The van der Waals surface area contributed by atoms with E-state index in [0.717, 1.165) is 0 Å². The molecule has 0 N–H and O–H groups in total. The fraction of sp³-hybridized carbons (Fsp3) is 0.400. The van der Waals surface area contributed by atoms with Gasteiger partial charge in [0.2, 0.25) is 0 Å². The van der Waals surface area contributed by atoms with Crippen LogP contribution in [-0.2, 0) is 0 Å². The Morgan fingerprint density at radius 2 is 2.00 bits per heavy atom. The van der Waals surface area contributed by atoms with Crippen molar-refractivity contribution in [2.45, 2.75) is 11.0 Å². The fourth-order valence-electron chi connectivity index (χ4n) is 1.08. The summed E-state index contributed by atoms with van der Waals surface area (Å²) in [5.74, 6) is 2.47. The Balaban J connectivity index is 2.64. The predicted molar refractivity (Wildman–Crippen MR) is 66.6 cm³/mol. The third-order valence-electron chi connectivity index (χ3n) is 1.66. The molecule has 0 saturated carbocycles. The molecule has 0 atom stereocenters. The van der Waals surface area contributed by atoms with Gasteiger partial charge in [-0.1, -0.05) is 30.8 Å². The molecule has 0 aromatic carbocycles. The van der Waals surface area contributed by atoms with Crippen LogP contribution in [0.3, 0.4) is 0 Å². The van der Waals surface area contributed by atoms with E-state index in [1.807, 2.05) is 35.7 Å². The monoisotopic (exact) mass is 232 g/mol. The number of allylic oxidation sites excluding steroid dienone is 3. The smallest absolute Gasteiger partial charge is 0.0751 e. The van der Waals surface area contributed by atoms with Crippen LogP contribution in [0.4, 0.5) is 0 Å². The van der Waals surface area contributed by atoms with Crippen LogP contribution < -0.4 is 0 Å². The lowest BCUT2D eigenvalue weighted by Crippen LogP contribution is -2.08. The van der Waals surface area contributed by atoms with Crippen LogP contribution >= 0.6 is 35.1 Å². The summed E-state index contributed by atoms with van der Waals surface area (Å²) in [6.07, 6.45) is 5.09. The highest BCUT2D eigenvalue weighted by Crippen LogP contribution is 2.36. The molecular formula is C10H13ClS2. The molecule has 0 spiro atoms. The zero-order chi connectivity index (χ0) is 9.68. The van der Waals surface area contributed by atoms with Crippen LogP contribution in [0.15, 0.2) is 35.9 Å². The van der Waals surface area contributed by atoms with Gasteiger partial charge in [0.25, 0.3) is 0 Å². The molecule has 0 bridgehead atoms. The van der Waals surface area contributed by atoms with Crippen molar-refractivity contribution < 1.29 is 0 Å². The number of hydrogen-bond donors (Lipinski definition) is 0. The van der Waals surface area contributed by atoms with E-state index < -0.39 is 0 Å². The maximum Gasteiger partial charge on any atom is 0.0751 e. The molecule has 1 rings (SSSR count). The predicted octanol–water partition coefficient (Wildman–Crippen LogP) is 4.05. The average Bonchev–Trinajstić information content (AvgIpc) is 2.15. The molecule has 0 radical (unpaired) electrons. The largest absolute Gasteiger partial charge is 0.143 e. The summed E-state index contributed by atoms with van der Waals surface area (Å²) in [6, 6.07) is 0. The summed E-state index contributed by atoms with van der Waals surface area (Å²) in [4.78, 5) is 0. The summed E-state index contributed by atoms with van der Waals surface area (Å²) in [7, 11) is 0. The third kappa shape index (κ3) is 3.84. The minimum Gasteiger partial charge on any atom is -0.143 e. The Bertz CT molecular complexity index is 227. The molecule has 0 nitrogen and oxygen atoms in total. The maximum atomic E-state index is 5.73. The van der Waals surface area contributed by atoms with E-state index in [-0.39, 0.29) is 0 Å². The second-order valence-corrected chi connectivity index (χ2v) is 5.93. The Morgan fingerprint density at radius 1 is 1.38 bits per heavy atom. The van der Waals surface area contributed by atoms with Crippen LogP contribution in [0.2, 0.25) is 0 Å². The van der Waals surface area contributed by atoms with E-state index in [0.29, 0.717) is 9.61 Å². The van der Waals surface area contributed by atoms with Gasteiger partial charge in [0.05, 0.1) is 4.58 Å². The zero-order valence-electron chi connectivity index (χ0n) is 7.46. The molecule has 1 aliphatic heterocycles. The average molecular weight is 233 g/mol. The lowest BCUT2D eigenvalue weighted by atomic mass is 10.3. The first-order chi connectivity index (χ1) is 6.24. The van der Waals surface area contributed by atoms with Crippen molar-refractivity contribution in [2.24, 2.45) is 0 Å². The molecule has 1 aliphatic rings. The number of hydrogen-bond acceptors (Lipinski definition) is 2. The molecular weight excluding hydrogens is 220 g/mol.